The molecule has 2 N–H and O–H groups in total. The van der Waals surface area contributed by atoms with Gasteiger partial charge in [0.2, 0.25) is 0 Å². The Balaban J connectivity index is 1.69. The number of urea groups is 1. The van der Waals surface area contributed by atoms with Gasteiger partial charge in [0.25, 0.3) is 0 Å². The molecule has 1 aromatic carbocycles. The van der Waals surface area contributed by atoms with Crippen molar-refractivity contribution in [3.8, 4) is 0 Å². The van der Waals surface area contributed by atoms with E-state index in [1.807, 2.05) is 25.1 Å². The number of amides is 2. The zero-order valence-corrected chi connectivity index (χ0v) is 14.0. The number of rotatable bonds is 4. The number of carbonyl (C=O) groups excluding carboxylic acids is 1. The van der Waals surface area contributed by atoms with Gasteiger partial charge in [0.15, 0.2) is 0 Å². The fraction of sp³-hybridized carbons (Fsp3) is 0.611. The zero-order chi connectivity index (χ0) is 16.4. The number of aliphatic hydroxyl groups is 1. The SMILES string of the molecule is CN(C)C(=O)N1C[C@@H]2C[C@](Cc3ccccc3)(NCO)C[C@@H]2C1. The maximum Gasteiger partial charge on any atom is 0.319 e. The summed E-state index contributed by atoms with van der Waals surface area (Å²) in [5.74, 6) is 1.06. The summed E-state index contributed by atoms with van der Waals surface area (Å²) in [5.41, 5.74) is 1.26. The van der Waals surface area contributed by atoms with Crippen molar-refractivity contribution in [1.82, 2.24) is 15.1 Å². The summed E-state index contributed by atoms with van der Waals surface area (Å²) in [6, 6.07) is 10.6. The maximum atomic E-state index is 12.2. The second-order valence-corrected chi connectivity index (χ2v) is 7.29. The fourth-order valence-electron chi connectivity index (χ4n) is 4.43. The highest BCUT2D eigenvalue weighted by Crippen LogP contribution is 2.45. The van der Waals surface area contributed by atoms with Crippen molar-refractivity contribution in [2.24, 2.45) is 11.8 Å². The van der Waals surface area contributed by atoms with E-state index in [1.165, 1.54) is 5.56 Å². The lowest BCUT2D eigenvalue weighted by molar-refractivity contribution is 0.163. The normalized spacial score (nSPS) is 29.6. The Labute approximate surface area is 138 Å². The minimum absolute atomic E-state index is 0.00656. The van der Waals surface area contributed by atoms with Gasteiger partial charge in [-0.05, 0) is 36.7 Å². The van der Waals surface area contributed by atoms with Crippen LogP contribution >= 0.6 is 0 Å². The number of aliphatic hydroxyl groups excluding tert-OH is 1. The Hall–Kier alpha value is -1.59. The van der Waals surface area contributed by atoms with Gasteiger partial charge in [-0.2, -0.15) is 0 Å². The van der Waals surface area contributed by atoms with Gasteiger partial charge in [0.05, 0.1) is 6.73 Å². The lowest BCUT2D eigenvalue weighted by Gasteiger charge is -2.32. The summed E-state index contributed by atoms with van der Waals surface area (Å²) in [6.07, 6.45) is 2.97. The van der Waals surface area contributed by atoms with Crippen LogP contribution in [0.3, 0.4) is 0 Å². The van der Waals surface area contributed by atoms with E-state index in [4.69, 9.17) is 0 Å². The van der Waals surface area contributed by atoms with Crippen LogP contribution in [0.2, 0.25) is 0 Å². The standard InChI is InChI=1S/C18H27N3O2/c1-20(2)17(23)21-11-15-9-18(19-13-22,10-16(15)12-21)8-14-6-4-3-5-7-14/h3-7,15-16,19,22H,8-13H2,1-2H3/t15-,16+,18-. The minimum Gasteiger partial charge on any atom is -0.381 e. The van der Waals surface area contributed by atoms with E-state index >= 15 is 0 Å². The van der Waals surface area contributed by atoms with Crippen molar-refractivity contribution in [3.05, 3.63) is 35.9 Å². The van der Waals surface area contributed by atoms with Gasteiger partial charge >= 0.3 is 6.03 Å². The summed E-state index contributed by atoms with van der Waals surface area (Å²) in [6.45, 7) is 1.68. The molecule has 1 aromatic rings. The first-order valence-corrected chi connectivity index (χ1v) is 8.39. The Morgan fingerprint density at radius 3 is 2.39 bits per heavy atom. The molecule has 0 radical (unpaired) electrons. The summed E-state index contributed by atoms with van der Waals surface area (Å²) in [5, 5.41) is 12.8. The minimum atomic E-state index is -0.0430. The molecule has 2 aliphatic rings. The molecule has 1 saturated carbocycles. The molecule has 1 heterocycles. The Morgan fingerprint density at radius 1 is 1.26 bits per heavy atom. The molecule has 1 saturated heterocycles. The predicted molar refractivity (Wildman–Crippen MR) is 90.0 cm³/mol. The van der Waals surface area contributed by atoms with Crippen LogP contribution in [0.25, 0.3) is 0 Å². The lowest BCUT2D eigenvalue weighted by Crippen LogP contribution is -2.47. The smallest absolute Gasteiger partial charge is 0.319 e. The average Bonchev–Trinajstić information content (AvgIpc) is 3.03. The van der Waals surface area contributed by atoms with Crippen molar-refractivity contribution >= 4 is 6.03 Å². The van der Waals surface area contributed by atoms with Gasteiger partial charge in [-0.1, -0.05) is 30.3 Å². The van der Waals surface area contributed by atoms with Gasteiger partial charge in [0, 0.05) is 32.7 Å². The van der Waals surface area contributed by atoms with Gasteiger partial charge in [0.1, 0.15) is 0 Å². The highest BCUT2D eigenvalue weighted by molar-refractivity contribution is 5.74. The van der Waals surface area contributed by atoms with E-state index in [0.717, 1.165) is 32.4 Å². The molecule has 3 atom stereocenters. The van der Waals surface area contributed by atoms with Crippen molar-refractivity contribution in [2.45, 2.75) is 24.8 Å². The van der Waals surface area contributed by atoms with E-state index < -0.39 is 0 Å². The van der Waals surface area contributed by atoms with Gasteiger partial charge < -0.3 is 14.9 Å². The molecule has 1 aliphatic heterocycles. The second kappa shape index (κ2) is 6.49. The molecule has 3 rings (SSSR count). The van der Waals surface area contributed by atoms with Crippen molar-refractivity contribution < 1.29 is 9.90 Å². The topological polar surface area (TPSA) is 55.8 Å². The third-order valence-electron chi connectivity index (χ3n) is 5.37. The Kier molecular flexibility index (Phi) is 4.60. The number of likely N-dealkylation sites (tertiary alicyclic amines) is 1. The summed E-state index contributed by atoms with van der Waals surface area (Å²) in [7, 11) is 3.62. The second-order valence-electron chi connectivity index (χ2n) is 7.29. The van der Waals surface area contributed by atoms with Crippen LogP contribution in [-0.4, -0.2) is 60.4 Å². The number of benzene rings is 1. The quantitative estimate of drug-likeness (QED) is 0.828. The molecule has 1 aliphatic carbocycles. The highest BCUT2D eigenvalue weighted by Gasteiger charge is 2.49. The largest absolute Gasteiger partial charge is 0.381 e. The van der Waals surface area contributed by atoms with Gasteiger partial charge in [-0.3, -0.25) is 5.32 Å². The van der Waals surface area contributed by atoms with E-state index in [9.17, 15) is 9.90 Å². The number of hydrogen-bond acceptors (Lipinski definition) is 3. The highest BCUT2D eigenvalue weighted by atomic mass is 16.3. The van der Waals surface area contributed by atoms with Crippen molar-refractivity contribution in [1.29, 1.82) is 0 Å². The van der Waals surface area contributed by atoms with E-state index in [2.05, 4.69) is 29.6 Å². The number of hydrogen-bond donors (Lipinski definition) is 2. The van der Waals surface area contributed by atoms with Crippen molar-refractivity contribution in [2.75, 3.05) is 33.9 Å². The molecule has 0 aromatic heterocycles. The molecule has 5 nitrogen and oxygen atoms in total. The van der Waals surface area contributed by atoms with Gasteiger partial charge in [-0.25, -0.2) is 4.79 Å². The first-order valence-electron chi connectivity index (χ1n) is 8.39. The van der Waals surface area contributed by atoms with Crippen LogP contribution in [-0.2, 0) is 6.42 Å². The molecule has 126 valence electrons. The summed E-state index contributed by atoms with van der Waals surface area (Å²) < 4.78 is 0. The van der Waals surface area contributed by atoms with Crippen LogP contribution in [0.15, 0.2) is 30.3 Å². The molecule has 0 bridgehead atoms. The number of carbonyl (C=O) groups is 1. The third-order valence-corrected chi connectivity index (χ3v) is 5.37. The number of nitrogens with zero attached hydrogens (tertiary/aromatic N) is 2. The maximum absolute atomic E-state index is 12.2. The molecule has 2 amide bonds. The number of fused-ring (bicyclic) bond motifs is 1. The molecular weight excluding hydrogens is 290 g/mol. The molecule has 23 heavy (non-hydrogen) atoms. The molecule has 2 fully saturated rings. The average molecular weight is 317 g/mol. The predicted octanol–water partition coefficient (Wildman–Crippen LogP) is 1.53. The Bertz CT molecular complexity index is 532. The molecular formula is C18H27N3O2. The van der Waals surface area contributed by atoms with Crippen LogP contribution in [0.1, 0.15) is 18.4 Å². The van der Waals surface area contributed by atoms with E-state index in [1.54, 1.807) is 4.90 Å². The monoisotopic (exact) mass is 317 g/mol. The van der Waals surface area contributed by atoms with Crippen LogP contribution < -0.4 is 5.32 Å². The van der Waals surface area contributed by atoms with Crippen molar-refractivity contribution in [3.63, 3.8) is 0 Å². The van der Waals surface area contributed by atoms with Crippen LogP contribution in [0.4, 0.5) is 4.79 Å². The van der Waals surface area contributed by atoms with Crippen LogP contribution in [0, 0.1) is 11.8 Å². The van der Waals surface area contributed by atoms with E-state index in [0.29, 0.717) is 11.8 Å². The summed E-state index contributed by atoms with van der Waals surface area (Å²) >= 11 is 0. The fourth-order valence-corrected chi connectivity index (χ4v) is 4.43. The molecule has 0 unspecified atom stereocenters. The third kappa shape index (κ3) is 3.35. The first kappa shape index (κ1) is 16.3. The lowest BCUT2D eigenvalue weighted by atomic mass is 9.87. The van der Waals surface area contributed by atoms with E-state index in [-0.39, 0.29) is 18.3 Å². The first-order chi connectivity index (χ1) is 11.0. The summed E-state index contributed by atoms with van der Waals surface area (Å²) in [4.78, 5) is 15.8. The van der Waals surface area contributed by atoms with Gasteiger partial charge in [-0.15, -0.1) is 0 Å². The Morgan fingerprint density at radius 2 is 1.87 bits per heavy atom. The van der Waals surface area contributed by atoms with Crippen LogP contribution in [0.5, 0.6) is 0 Å². The zero-order valence-electron chi connectivity index (χ0n) is 14.0. The molecule has 5 heteroatoms. The number of nitrogens with one attached hydrogen (secondary N) is 1. The molecule has 0 spiro atoms.